The Morgan fingerprint density at radius 1 is 0.976 bits per heavy atom. The summed E-state index contributed by atoms with van der Waals surface area (Å²) in [5, 5.41) is 22.0. The summed E-state index contributed by atoms with van der Waals surface area (Å²) in [6, 6.07) is 23.8. The zero-order valence-electron chi connectivity index (χ0n) is 22.6. The number of carbonyl (C=O) groups is 1. The van der Waals surface area contributed by atoms with Gasteiger partial charge in [-0.05, 0) is 61.7 Å². The molecule has 0 unspecified atom stereocenters. The van der Waals surface area contributed by atoms with Crippen molar-refractivity contribution in [3.8, 4) is 40.7 Å². The van der Waals surface area contributed by atoms with Gasteiger partial charge in [-0.15, -0.1) is 11.5 Å². The third-order valence-corrected chi connectivity index (χ3v) is 7.00. The Morgan fingerprint density at radius 2 is 1.79 bits per heavy atom. The highest BCUT2D eigenvalue weighted by Gasteiger charge is 2.37. The third-order valence-electron chi connectivity index (χ3n) is 7.00. The number of nitrogens with zero attached hydrogens (tertiary/aromatic N) is 6. The molecule has 6 rings (SSSR count). The first-order chi connectivity index (χ1) is 20.5. The van der Waals surface area contributed by atoms with Gasteiger partial charge in [-0.3, -0.25) is 15.1 Å². The summed E-state index contributed by atoms with van der Waals surface area (Å²) in [5.41, 5.74) is 3.54. The van der Waals surface area contributed by atoms with Gasteiger partial charge in [-0.2, -0.15) is 0 Å². The Kier molecular flexibility index (Phi) is 7.41. The molecule has 208 valence electrons. The maximum atomic E-state index is 12.7. The van der Waals surface area contributed by atoms with Crippen LogP contribution in [0.15, 0.2) is 85.1 Å². The molecule has 1 saturated carbocycles. The fourth-order valence-corrected chi connectivity index (χ4v) is 4.63. The van der Waals surface area contributed by atoms with E-state index in [9.17, 15) is 9.90 Å². The molecule has 10 heteroatoms. The minimum atomic E-state index is -0.843. The largest absolute Gasteiger partial charge is 0.484 e. The maximum Gasteiger partial charge on any atom is 0.264 e. The van der Waals surface area contributed by atoms with Gasteiger partial charge in [0.15, 0.2) is 6.61 Å². The van der Waals surface area contributed by atoms with E-state index >= 15 is 0 Å². The minimum absolute atomic E-state index is 0.0907. The van der Waals surface area contributed by atoms with Crippen LogP contribution in [0.5, 0.6) is 5.75 Å². The molecule has 1 fully saturated rings. The number of rotatable bonds is 9. The number of aromatic nitrogens is 6. The lowest BCUT2D eigenvalue weighted by molar-refractivity contribution is -0.118. The average Bonchev–Trinajstić information content (AvgIpc) is 3.48. The highest BCUT2D eigenvalue weighted by Crippen LogP contribution is 2.40. The van der Waals surface area contributed by atoms with E-state index in [1.54, 1.807) is 29.1 Å². The van der Waals surface area contributed by atoms with Gasteiger partial charge >= 0.3 is 0 Å². The number of nitrogens with one attached hydrogen (secondary N) is 1. The first-order valence-electron chi connectivity index (χ1n) is 13.5. The highest BCUT2D eigenvalue weighted by molar-refractivity contribution is 5.90. The summed E-state index contributed by atoms with van der Waals surface area (Å²) < 4.78 is 7.21. The predicted octanol–water partition coefficient (Wildman–Crippen LogP) is 4.22. The van der Waals surface area contributed by atoms with Gasteiger partial charge in [0.1, 0.15) is 17.0 Å². The van der Waals surface area contributed by atoms with Gasteiger partial charge in [0.25, 0.3) is 5.91 Å². The Balaban J connectivity index is 1.26. The molecule has 2 aromatic carbocycles. The Labute approximate surface area is 242 Å². The van der Waals surface area contributed by atoms with Gasteiger partial charge in [-0.25, -0.2) is 14.6 Å². The van der Waals surface area contributed by atoms with Crippen LogP contribution in [0.25, 0.3) is 22.6 Å². The Hall–Kier alpha value is -5.40. The highest BCUT2D eigenvalue weighted by atomic mass is 16.5. The Bertz CT molecular complexity index is 1770. The van der Waals surface area contributed by atoms with Crippen LogP contribution in [0.4, 0.5) is 5.95 Å². The number of ether oxygens (including phenoxy) is 1. The van der Waals surface area contributed by atoms with E-state index in [-0.39, 0.29) is 12.6 Å². The summed E-state index contributed by atoms with van der Waals surface area (Å²) in [6.07, 6.45) is 9.79. The molecular formula is C32H27N7O3. The fraction of sp³-hybridized carbons (Fsp3) is 0.188. The number of anilines is 1. The van der Waals surface area contributed by atoms with Gasteiger partial charge in [0.2, 0.25) is 5.95 Å². The molecule has 2 N–H and O–H groups in total. The maximum absolute atomic E-state index is 12.7. The number of benzene rings is 2. The van der Waals surface area contributed by atoms with Crippen molar-refractivity contribution in [2.45, 2.75) is 31.4 Å². The molecule has 0 spiro atoms. The van der Waals surface area contributed by atoms with E-state index in [1.165, 1.54) is 0 Å². The lowest BCUT2D eigenvalue weighted by atomic mass is 9.77. The number of para-hydroxylation sites is 1. The van der Waals surface area contributed by atoms with Crippen molar-refractivity contribution in [1.82, 2.24) is 29.9 Å². The first-order valence-corrected chi connectivity index (χ1v) is 13.5. The second-order valence-electron chi connectivity index (χ2n) is 10.0. The van der Waals surface area contributed by atoms with Crippen LogP contribution in [-0.4, -0.2) is 47.6 Å². The fourth-order valence-electron chi connectivity index (χ4n) is 4.63. The molecule has 0 atom stereocenters. The SMILES string of the molecule is C#Cc1cccc(-c2cc(-c3cn(Cc4cccc(C5(O)CCC5)n4)nn3)nc(NC(=O)COc3ccccc3)n2)c1. The van der Waals surface area contributed by atoms with Crippen molar-refractivity contribution in [1.29, 1.82) is 0 Å². The standard InChI is InChI=1S/C32H27N7O3/c1-2-22-9-6-10-23(17-22)26-18-27(35-31(34-26)36-30(40)21-42-25-12-4-3-5-13-25)28-20-39(38-37-28)19-24-11-7-14-29(33-24)32(41)15-8-16-32/h1,3-7,9-14,17-18,20,41H,8,15-16,19,21H2,(H,34,35,36,40). The molecule has 1 aliphatic rings. The smallest absolute Gasteiger partial charge is 0.264 e. The number of carbonyl (C=O) groups excluding carboxylic acids is 1. The molecule has 0 bridgehead atoms. The molecule has 1 amide bonds. The van der Waals surface area contributed by atoms with E-state index in [4.69, 9.17) is 11.2 Å². The summed E-state index contributed by atoms with van der Waals surface area (Å²) >= 11 is 0. The number of pyridine rings is 1. The second kappa shape index (κ2) is 11.6. The predicted molar refractivity (Wildman–Crippen MR) is 156 cm³/mol. The first kappa shape index (κ1) is 26.8. The van der Waals surface area contributed by atoms with Crippen molar-refractivity contribution in [3.05, 3.63) is 102 Å². The monoisotopic (exact) mass is 557 g/mol. The van der Waals surface area contributed by atoms with Crippen LogP contribution in [-0.2, 0) is 16.9 Å². The van der Waals surface area contributed by atoms with Crippen LogP contribution < -0.4 is 10.1 Å². The number of aliphatic hydroxyl groups is 1. The minimum Gasteiger partial charge on any atom is -0.484 e. The summed E-state index contributed by atoms with van der Waals surface area (Å²) in [5.74, 6) is 2.89. The topological polar surface area (TPSA) is 128 Å². The molecule has 3 heterocycles. The van der Waals surface area contributed by atoms with E-state index in [0.717, 1.165) is 17.7 Å². The van der Waals surface area contributed by atoms with Crippen LogP contribution in [0, 0.1) is 12.3 Å². The van der Waals surface area contributed by atoms with Gasteiger partial charge in [0.05, 0.1) is 35.5 Å². The number of hydrogen-bond donors (Lipinski definition) is 2. The molecule has 10 nitrogen and oxygen atoms in total. The zero-order valence-corrected chi connectivity index (χ0v) is 22.6. The summed E-state index contributed by atoms with van der Waals surface area (Å²) in [6.45, 7) is 0.149. The molecule has 42 heavy (non-hydrogen) atoms. The van der Waals surface area contributed by atoms with E-state index < -0.39 is 11.5 Å². The van der Waals surface area contributed by atoms with Crippen molar-refractivity contribution in [3.63, 3.8) is 0 Å². The van der Waals surface area contributed by atoms with Crippen LogP contribution in [0.1, 0.15) is 36.2 Å². The van der Waals surface area contributed by atoms with Crippen molar-refractivity contribution >= 4 is 11.9 Å². The molecular weight excluding hydrogens is 530 g/mol. The molecule has 0 saturated heterocycles. The molecule has 5 aromatic rings. The Morgan fingerprint density at radius 3 is 2.57 bits per heavy atom. The number of amides is 1. The quantitative estimate of drug-likeness (QED) is 0.258. The van der Waals surface area contributed by atoms with E-state index in [2.05, 4.69) is 36.5 Å². The molecule has 3 aromatic heterocycles. The average molecular weight is 558 g/mol. The van der Waals surface area contributed by atoms with Crippen LogP contribution in [0.2, 0.25) is 0 Å². The van der Waals surface area contributed by atoms with Crippen molar-refractivity contribution in [2.75, 3.05) is 11.9 Å². The third kappa shape index (κ3) is 6.01. The zero-order chi connectivity index (χ0) is 28.9. The van der Waals surface area contributed by atoms with Crippen LogP contribution in [0.3, 0.4) is 0 Å². The van der Waals surface area contributed by atoms with Crippen molar-refractivity contribution < 1.29 is 14.6 Å². The lowest BCUT2D eigenvalue weighted by Gasteiger charge is -2.36. The van der Waals surface area contributed by atoms with Crippen LogP contribution >= 0.6 is 0 Å². The normalized spacial score (nSPS) is 13.5. The summed E-state index contributed by atoms with van der Waals surface area (Å²) in [4.78, 5) is 26.5. The van der Waals surface area contributed by atoms with E-state index in [1.807, 2.05) is 60.7 Å². The second-order valence-corrected chi connectivity index (χ2v) is 10.0. The van der Waals surface area contributed by atoms with E-state index in [0.29, 0.717) is 53.5 Å². The number of terminal acetylenes is 1. The molecule has 0 aliphatic heterocycles. The van der Waals surface area contributed by atoms with Gasteiger partial charge < -0.3 is 9.84 Å². The van der Waals surface area contributed by atoms with Gasteiger partial charge in [-0.1, -0.05) is 47.5 Å². The molecule has 1 aliphatic carbocycles. The summed E-state index contributed by atoms with van der Waals surface area (Å²) in [7, 11) is 0. The number of hydrogen-bond acceptors (Lipinski definition) is 8. The van der Waals surface area contributed by atoms with Crippen molar-refractivity contribution in [2.24, 2.45) is 0 Å². The van der Waals surface area contributed by atoms with Gasteiger partial charge in [0, 0.05) is 11.1 Å². The molecule has 0 radical (unpaired) electrons. The lowest BCUT2D eigenvalue weighted by Crippen LogP contribution is -2.34.